The number of ether oxygens (including phenoxy) is 1. The molecule has 2 fully saturated rings. The van der Waals surface area contributed by atoms with E-state index in [0.29, 0.717) is 11.8 Å². The van der Waals surface area contributed by atoms with Crippen molar-refractivity contribution in [2.45, 2.75) is 90.3 Å². The predicted molar refractivity (Wildman–Crippen MR) is 92.5 cm³/mol. The van der Waals surface area contributed by atoms with Crippen LogP contribution in [0.2, 0.25) is 0 Å². The number of hydrogen-bond donors (Lipinski definition) is 0. The van der Waals surface area contributed by atoms with E-state index in [1.54, 1.807) is 0 Å². The SMILES string of the molecule is CC1(C(CCl)OC(CCl)C2(C)CCCCC2)CCCCC1. The molecule has 0 heterocycles. The van der Waals surface area contributed by atoms with Crippen LogP contribution >= 0.6 is 23.2 Å². The smallest absolute Gasteiger partial charge is 0.0768 e. The lowest BCUT2D eigenvalue weighted by Gasteiger charge is -2.46. The van der Waals surface area contributed by atoms with Gasteiger partial charge in [-0.05, 0) is 36.5 Å². The van der Waals surface area contributed by atoms with Gasteiger partial charge in [0.1, 0.15) is 0 Å². The number of hydrogen-bond acceptors (Lipinski definition) is 1. The highest BCUT2D eigenvalue weighted by atomic mass is 35.5. The van der Waals surface area contributed by atoms with Crippen molar-refractivity contribution < 1.29 is 4.74 Å². The monoisotopic (exact) mass is 334 g/mol. The Labute approximate surface area is 141 Å². The van der Waals surface area contributed by atoms with E-state index in [1.165, 1.54) is 64.2 Å². The molecule has 0 bridgehead atoms. The average Bonchev–Trinajstić information content (AvgIpc) is 2.49. The molecule has 2 rings (SSSR count). The molecule has 2 aliphatic rings. The fraction of sp³-hybridized carbons (Fsp3) is 1.00. The first kappa shape index (κ1) is 17.9. The Balaban J connectivity index is 2.04. The zero-order valence-corrected chi connectivity index (χ0v) is 15.3. The second-order valence-electron chi connectivity index (χ2n) is 7.85. The first-order valence-corrected chi connectivity index (χ1v) is 9.88. The third-order valence-corrected chi connectivity index (χ3v) is 6.72. The van der Waals surface area contributed by atoms with Crippen LogP contribution in [0.15, 0.2) is 0 Å². The standard InChI is InChI=1S/C18H32Cl2O/c1-17(9-5-3-6-10-17)15(13-19)21-16(14-20)18(2)11-7-4-8-12-18/h15-16H,3-14H2,1-2H3. The van der Waals surface area contributed by atoms with Gasteiger partial charge >= 0.3 is 0 Å². The van der Waals surface area contributed by atoms with E-state index in [4.69, 9.17) is 27.9 Å². The van der Waals surface area contributed by atoms with Crippen LogP contribution in [0.5, 0.6) is 0 Å². The zero-order chi connectivity index (χ0) is 15.3. The zero-order valence-electron chi connectivity index (χ0n) is 13.8. The lowest BCUT2D eigenvalue weighted by Crippen LogP contribution is -2.46. The molecular formula is C18H32Cl2O. The van der Waals surface area contributed by atoms with E-state index >= 15 is 0 Å². The average molecular weight is 335 g/mol. The Kier molecular flexibility index (Phi) is 6.71. The van der Waals surface area contributed by atoms with Gasteiger partial charge in [0.05, 0.1) is 12.2 Å². The molecule has 21 heavy (non-hydrogen) atoms. The fourth-order valence-electron chi connectivity index (χ4n) is 4.33. The minimum Gasteiger partial charge on any atom is -0.371 e. The molecule has 0 aromatic carbocycles. The minimum atomic E-state index is 0.155. The van der Waals surface area contributed by atoms with Gasteiger partial charge in [-0.1, -0.05) is 52.4 Å². The number of halogens is 2. The van der Waals surface area contributed by atoms with Crippen LogP contribution in [0.1, 0.15) is 78.1 Å². The summed E-state index contributed by atoms with van der Waals surface area (Å²) in [5, 5.41) is 0. The summed E-state index contributed by atoms with van der Waals surface area (Å²) in [5.74, 6) is 1.19. The Bertz CT molecular complexity index is 276. The molecule has 2 aliphatic carbocycles. The van der Waals surface area contributed by atoms with Crippen LogP contribution < -0.4 is 0 Å². The first-order valence-electron chi connectivity index (χ1n) is 8.81. The number of rotatable bonds is 6. The van der Waals surface area contributed by atoms with Crippen molar-refractivity contribution in [2.75, 3.05) is 11.8 Å². The molecule has 0 N–H and O–H groups in total. The van der Waals surface area contributed by atoms with E-state index in [0.717, 1.165) is 0 Å². The maximum absolute atomic E-state index is 6.57. The molecule has 2 atom stereocenters. The summed E-state index contributed by atoms with van der Waals surface area (Å²) >= 11 is 12.6. The quantitative estimate of drug-likeness (QED) is 0.528. The molecule has 2 saturated carbocycles. The largest absolute Gasteiger partial charge is 0.371 e. The Hall–Kier alpha value is 0.540. The number of alkyl halides is 2. The van der Waals surface area contributed by atoms with E-state index in [9.17, 15) is 0 Å². The summed E-state index contributed by atoms with van der Waals surface area (Å²) in [7, 11) is 0. The summed E-state index contributed by atoms with van der Waals surface area (Å²) in [6.07, 6.45) is 13.3. The van der Waals surface area contributed by atoms with Gasteiger partial charge in [0.25, 0.3) is 0 Å². The van der Waals surface area contributed by atoms with Crippen molar-refractivity contribution in [3.63, 3.8) is 0 Å². The summed E-state index contributed by atoms with van der Waals surface area (Å²) < 4.78 is 6.57. The first-order chi connectivity index (χ1) is 10.0. The van der Waals surface area contributed by atoms with Crippen molar-refractivity contribution in [3.8, 4) is 0 Å². The van der Waals surface area contributed by atoms with Crippen LogP contribution in [0, 0.1) is 10.8 Å². The highest BCUT2D eigenvalue weighted by molar-refractivity contribution is 6.18. The highest BCUT2D eigenvalue weighted by Gasteiger charge is 2.42. The van der Waals surface area contributed by atoms with Gasteiger partial charge in [-0.25, -0.2) is 0 Å². The molecule has 0 spiro atoms. The molecular weight excluding hydrogens is 303 g/mol. The van der Waals surface area contributed by atoms with Crippen LogP contribution in [0.25, 0.3) is 0 Å². The van der Waals surface area contributed by atoms with E-state index in [-0.39, 0.29) is 23.0 Å². The minimum absolute atomic E-state index is 0.155. The summed E-state index contributed by atoms with van der Waals surface area (Å²) in [4.78, 5) is 0. The van der Waals surface area contributed by atoms with Crippen LogP contribution in [0.3, 0.4) is 0 Å². The molecule has 0 aliphatic heterocycles. The third kappa shape index (κ3) is 4.30. The lowest BCUT2D eigenvalue weighted by atomic mass is 9.70. The summed E-state index contributed by atoms with van der Waals surface area (Å²) in [6.45, 7) is 4.74. The van der Waals surface area contributed by atoms with Crippen molar-refractivity contribution in [2.24, 2.45) is 10.8 Å². The summed E-state index contributed by atoms with van der Waals surface area (Å²) in [6, 6.07) is 0. The fourth-order valence-corrected chi connectivity index (χ4v) is 5.23. The molecule has 2 unspecified atom stereocenters. The molecule has 0 aromatic heterocycles. The van der Waals surface area contributed by atoms with Crippen LogP contribution in [0.4, 0.5) is 0 Å². The Morgan fingerprint density at radius 1 is 0.714 bits per heavy atom. The van der Waals surface area contributed by atoms with Crippen LogP contribution in [-0.2, 0) is 4.74 Å². The second kappa shape index (κ2) is 7.88. The van der Waals surface area contributed by atoms with Gasteiger partial charge in [-0.3, -0.25) is 0 Å². The van der Waals surface area contributed by atoms with Crippen molar-refractivity contribution >= 4 is 23.2 Å². The third-order valence-electron chi connectivity index (χ3n) is 6.16. The maximum atomic E-state index is 6.57. The van der Waals surface area contributed by atoms with Gasteiger partial charge in [0, 0.05) is 11.8 Å². The van der Waals surface area contributed by atoms with Gasteiger partial charge in [0.2, 0.25) is 0 Å². The predicted octanol–water partition coefficient (Wildman–Crippen LogP) is 6.16. The summed E-state index contributed by atoms with van der Waals surface area (Å²) in [5.41, 5.74) is 0.491. The Morgan fingerprint density at radius 3 is 1.33 bits per heavy atom. The van der Waals surface area contributed by atoms with Gasteiger partial charge in [-0.15, -0.1) is 23.2 Å². The molecule has 124 valence electrons. The molecule has 0 aromatic rings. The lowest BCUT2D eigenvalue weighted by molar-refractivity contribution is -0.120. The van der Waals surface area contributed by atoms with E-state index in [1.807, 2.05) is 0 Å². The van der Waals surface area contributed by atoms with Gasteiger partial charge in [-0.2, -0.15) is 0 Å². The van der Waals surface area contributed by atoms with Crippen LogP contribution in [-0.4, -0.2) is 24.0 Å². The molecule has 3 heteroatoms. The van der Waals surface area contributed by atoms with E-state index < -0.39 is 0 Å². The van der Waals surface area contributed by atoms with Crippen molar-refractivity contribution in [1.29, 1.82) is 0 Å². The Morgan fingerprint density at radius 2 is 1.05 bits per heavy atom. The van der Waals surface area contributed by atoms with E-state index in [2.05, 4.69) is 13.8 Å². The van der Waals surface area contributed by atoms with Gasteiger partial charge in [0.15, 0.2) is 0 Å². The second-order valence-corrected chi connectivity index (χ2v) is 8.47. The normalized spacial score (nSPS) is 28.0. The van der Waals surface area contributed by atoms with Gasteiger partial charge < -0.3 is 4.74 Å². The molecule has 1 nitrogen and oxygen atoms in total. The van der Waals surface area contributed by atoms with Crippen molar-refractivity contribution in [1.82, 2.24) is 0 Å². The molecule has 0 saturated heterocycles. The maximum Gasteiger partial charge on any atom is 0.0768 e. The topological polar surface area (TPSA) is 9.23 Å². The molecule has 0 radical (unpaired) electrons. The van der Waals surface area contributed by atoms with Crippen molar-refractivity contribution in [3.05, 3.63) is 0 Å². The molecule has 0 amide bonds. The highest BCUT2D eigenvalue weighted by Crippen LogP contribution is 2.45.